The predicted molar refractivity (Wildman–Crippen MR) is 128 cm³/mol. The molecule has 0 aliphatic rings. The zero-order valence-corrected chi connectivity index (χ0v) is 19.4. The highest BCUT2D eigenvalue weighted by molar-refractivity contribution is 7.62. The number of nitrogens with zero attached hydrogens (tertiary/aromatic N) is 1. The molecule has 4 aromatic rings. The number of hydrogen-bond donors (Lipinski definition) is 0. The van der Waals surface area contributed by atoms with Crippen LogP contribution in [0.2, 0.25) is 0 Å². The van der Waals surface area contributed by atoms with Crippen LogP contribution in [-0.4, -0.2) is 17.8 Å². The fraction of sp³-hybridized carbons (Fsp3) is 0.231. The van der Waals surface area contributed by atoms with Crippen molar-refractivity contribution >= 4 is 23.8 Å². The summed E-state index contributed by atoms with van der Waals surface area (Å²) >= 11 is 0. The van der Waals surface area contributed by atoms with E-state index in [9.17, 15) is 8.96 Å². The molecule has 4 rings (SSSR count). The van der Waals surface area contributed by atoms with E-state index in [1.54, 1.807) is 19.9 Å². The predicted octanol–water partition coefficient (Wildman–Crippen LogP) is 6.56. The Hall–Kier alpha value is -2.72. The van der Waals surface area contributed by atoms with Crippen LogP contribution in [0.25, 0.3) is 16.5 Å². The molecule has 1 aromatic heterocycles. The summed E-state index contributed by atoms with van der Waals surface area (Å²) in [7, 11) is -3.69. The number of rotatable bonds is 8. The van der Waals surface area contributed by atoms with E-state index in [-0.39, 0.29) is 19.0 Å². The number of halogens is 1. The second kappa shape index (κ2) is 9.41. The molecule has 0 aliphatic heterocycles. The van der Waals surface area contributed by atoms with Gasteiger partial charge < -0.3 is 13.6 Å². The summed E-state index contributed by atoms with van der Waals surface area (Å²) < 4.78 is 41.9. The van der Waals surface area contributed by atoms with Crippen LogP contribution in [0.3, 0.4) is 0 Å². The van der Waals surface area contributed by atoms with Crippen molar-refractivity contribution in [2.24, 2.45) is 0 Å². The smallest absolute Gasteiger partial charge is 0.306 e. The van der Waals surface area contributed by atoms with Gasteiger partial charge in [0.15, 0.2) is 0 Å². The first-order valence-electron chi connectivity index (χ1n) is 10.8. The van der Waals surface area contributed by atoms with Gasteiger partial charge in [0.2, 0.25) is 0 Å². The van der Waals surface area contributed by atoms with Crippen molar-refractivity contribution in [3.63, 3.8) is 0 Å². The third kappa shape index (κ3) is 4.29. The minimum Gasteiger partial charge on any atom is -0.306 e. The summed E-state index contributed by atoms with van der Waals surface area (Å²) in [4.78, 5) is 0. The quantitative estimate of drug-likeness (QED) is 0.285. The van der Waals surface area contributed by atoms with Crippen molar-refractivity contribution in [2.45, 2.75) is 27.2 Å². The molecule has 0 saturated carbocycles. The molecule has 0 fully saturated rings. The first-order chi connectivity index (χ1) is 15.5. The second-order valence-corrected chi connectivity index (χ2v) is 9.56. The maximum atomic E-state index is 14.4. The van der Waals surface area contributed by atoms with Crippen molar-refractivity contribution in [1.82, 2.24) is 4.57 Å². The van der Waals surface area contributed by atoms with E-state index < -0.39 is 7.60 Å². The number of aromatic nitrogens is 1. The Bertz CT molecular complexity index is 1260. The van der Waals surface area contributed by atoms with Crippen molar-refractivity contribution < 1.29 is 18.0 Å². The Labute approximate surface area is 188 Å². The molecule has 0 amide bonds. The minimum absolute atomic E-state index is 0.229. The van der Waals surface area contributed by atoms with Gasteiger partial charge in [0, 0.05) is 28.6 Å². The van der Waals surface area contributed by atoms with E-state index in [2.05, 4.69) is 0 Å². The fourth-order valence-corrected chi connectivity index (χ4v) is 5.99. The zero-order chi connectivity index (χ0) is 22.7. The van der Waals surface area contributed by atoms with Gasteiger partial charge in [0.05, 0.1) is 13.2 Å². The Morgan fingerprint density at radius 2 is 1.53 bits per heavy atom. The molecule has 3 aromatic carbocycles. The van der Waals surface area contributed by atoms with E-state index in [0.717, 1.165) is 22.5 Å². The van der Waals surface area contributed by atoms with Crippen LogP contribution in [-0.2, 0) is 20.0 Å². The number of benzene rings is 3. The maximum Gasteiger partial charge on any atom is 0.378 e. The van der Waals surface area contributed by atoms with E-state index in [0.29, 0.717) is 22.6 Å². The van der Waals surface area contributed by atoms with Crippen molar-refractivity contribution in [3.8, 4) is 5.69 Å². The number of hydrogen-bond acceptors (Lipinski definition) is 3. The molecule has 0 bridgehead atoms. The van der Waals surface area contributed by atoms with E-state index in [1.165, 1.54) is 12.1 Å². The van der Waals surface area contributed by atoms with E-state index in [1.807, 2.05) is 66.1 Å². The highest BCUT2D eigenvalue weighted by atomic mass is 31.2. The van der Waals surface area contributed by atoms with Gasteiger partial charge in [0.1, 0.15) is 11.3 Å². The molecule has 1 heterocycles. The van der Waals surface area contributed by atoms with Gasteiger partial charge in [-0.1, -0.05) is 48.0 Å². The first kappa shape index (κ1) is 22.5. The van der Waals surface area contributed by atoms with Crippen LogP contribution in [0.4, 0.5) is 4.39 Å². The highest BCUT2D eigenvalue weighted by Gasteiger charge is 2.36. The summed E-state index contributed by atoms with van der Waals surface area (Å²) in [6.07, 6.45) is 0.535. The lowest BCUT2D eigenvalue weighted by Crippen LogP contribution is -2.21. The molecule has 0 aliphatic carbocycles. The zero-order valence-electron chi connectivity index (χ0n) is 18.5. The van der Waals surface area contributed by atoms with Crippen LogP contribution < -0.4 is 5.44 Å². The summed E-state index contributed by atoms with van der Waals surface area (Å²) in [5.41, 5.74) is 4.28. The van der Waals surface area contributed by atoms with E-state index >= 15 is 0 Å². The Balaban J connectivity index is 2.10. The molecular weight excluding hydrogens is 424 g/mol. The molecule has 0 atom stereocenters. The Morgan fingerprint density at radius 3 is 2.16 bits per heavy atom. The molecule has 0 spiro atoms. The summed E-state index contributed by atoms with van der Waals surface area (Å²) in [5, 5.41) is 1.37. The number of fused-ring (bicyclic) bond motifs is 1. The van der Waals surface area contributed by atoms with Gasteiger partial charge in [-0.05, 0) is 56.7 Å². The maximum absolute atomic E-state index is 14.4. The third-order valence-electron chi connectivity index (χ3n) is 5.38. The standard InChI is InChI=1S/C26H27FNO3P/c1-4-30-32(29,31-5-2)26-23-16-13-21(27)18-24(23)25(17-20-9-7-6-8-10-20)28(26)22-14-11-19(3)12-15-22/h6-16,18H,4-5,17H2,1-3H3. The van der Waals surface area contributed by atoms with Crippen molar-refractivity contribution in [1.29, 1.82) is 0 Å². The van der Waals surface area contributed by atoms with Crippen LogP contribution >= 0.6 is 7.60 Å². The summed E-state index contributed by atoms with van der Waals surface area (Å²) in [6, 6.07) is 22.5. The normalized spacial score (nSPS) is 11.9. The minimum atomic E-state index is -3.69. The van der Waals surface area contributed by atoms with Crippen LogP contribution in [0, 0.1) is 12.7 Å². The average Bonchev–Trinajstić information content (AvgIpc) is 3.09. The molecule has 32 heavy (non-hydrogen) atoms. The fourth-order valence-electron chi connectivity index (χ4n) is 4.02. The van der Waals surface area contributed by atoms with Crippen molar-refractivity contribution in [2.75, 3.05) is 13.2 Å². The lowest BCUT2D eigenvalue weighted by Gasteiger charge is -2.21. The van der Waals surface area contributed by atoms with E-state index in [4.69, 9.17) is 9.05 Å². The second-order valence-electron chi connectivity index (χ2n) is 7.63. The molecule has 0 saturated heterocycles. The van der Waals surface area contributed by atoms with Gasteiger partial charge in [-0.25, -0.2) is 4.39 Å². The summed E-state index contributed by atoms with van der Waals surface area (Å²) in [5.74, 6) is -0.345. The summed E-state index contributed by atoms with van der Waals surface area (Å²) in [6.45, 7) is 6.05. The topological polar surface area (TPSA) is 40.5 Å². The third-order valence-corrected chi connectivity index (χ3v) is 7.54. The Kier molecular flexibility index (Phi) is 6.61. The van der Waals surface area contributed by atoms with Crippen LogP contribution in [0.15, 0.2) is 72.8 Å². The SMILES string of the molecule is CCOP(=O)(OCC)c1c2ccc(F)cc2c(Cc2ccccc2)n1-c1ccc(C)cc1. The average molecular weight is 451 g/mol. The lowest BCUT2D eigenvalue weighted by atomic mass is 10.1. The highest BCUT2D eigenvalue weighted by Crippen LogP contribution is 2.50. The molecule has 4 nitrogen and oxygen atoms in total. The molecule has 166 valence electrons. The molecule has 6 heteroatoms. The molecule has 0 radical (unpaired) electrons. The molecule has 0 unspecified atom stereocenters. The first-order valence-corrected chi connectivity index (χ1v) is 12.3. The van der Waals surface area contributed by atoms with Gasteiger partial charge >= 0.3 is 7.60 Å². The lowest BCUT2D eigenvalue weighted by molar-refractivity contribution is 0.229. The van der Waals surface area contributed by atoms with Crippen molar-refractivity contribution in [3.05, 3.63) is 95.4 Å². The van der Waals surface area contributed by atoms with Gasteiger partial charge in [-0.15, -0.1) is 0 Å². The molecular formula is C26H27FNO3P. The van der Waals surface area contributed by atoms with Gasteiger partial charge in [-0.3, -0.25) is 4.57 Å². The molecule has 0 N–H and O–H groups in total. The number of aryl methyl sites for hydroxylation is 1. The largest absolute Gasteiger partial charge is 0.378 e. The van der Waals surface area contributed by atoms with Gasteiger partial charge in [0.25, 0.3) is 0 Å². The van der Waals surface area contributed by atoms with Crippen LogP contribution in [0.1, 0.15) is 30.7 Å². The Morgan fingerprint density at radius 1 is 0.875 bits per heavy atom. The monoisotopic (exact) mass is 451 g/mol. The van der Waals surface area contributed by atoms with Crippen LogP contribution in [0.5, 0.6) is 0 Å². The van der Waals surface area contributed by atoms with Gasteiger partial charge in [-0.2, -0.15) is 0 Å².